The Morgan fingerprint density at radius 2 is 0.600 bits per heavy atom. The Balaban J connectivity index is 0.000000205. The van der Waals surface area contributed by atoms with E-state index >= 15 is 0 Å². The van der Waals surface area contributed by atoms with Crippen molar-refractivity contribution in [2.75, 3.05) is 0 Å². The van der Waals surface area contributed by atoms with Crippen LogP contribution in [0.25, 0.3) is 0 Å². The van der Waals surface area contributed by atoms with E-state index in [9.17, 15) is 0 Å². The zero-order valence-electron chi connectivity index (χ0n) is 11.1. The second kappa shape index (κ2) is 8.38. The fourth-order valence-electron chi connectivity index (χ4n) is 1.49. The van der Waals surface area contributed by atoms with Crippen LogP contribution in [0, 0.1) is 0 Å². The third-order valence-corrected chi connectivity index (χ3v) is 2.46. The summed E-state index contributed by atoms with van der Waals surface area (Å²) in [6.45, 7) is 0. The van der Waals surface area contributed by atoms with Gasteiger partial charge in [-0.2, -0.15) is 10.2 Å². The van der Waals surface area contributed by atoms with Gasteiger partial charge in [0.25, 0.3) is 0 Å². The Kier molecular flexibility index (Phi) is 5.73. The number of azo groups is 1. The first-order valence-electron chi connectivity index (χ1n) is 6.47. The highest BCUT2D eigenvalue weighted by Gasteiger charge is 1.86. The molecule has 0 saturated carbocycles. The van der Waals surface area contributed by atoms with Crippen LogP contribution in [0.15, 0.2) is 107 Å². The van der Waals surface area contributed by atoms with Crippen LogP contribution >= 0.6 is 0 Å². The lowest BCUT2D eigenvalue weighted by molar-refractivity contribution is 1.23. The van der Waals surface area contributed by atoms with Crippen molar-refractivity contribution in [1.82, 2.24) is 0 Å². The number of benzene rings is 3. The maximum atomic E-state index is 4.10. The number of hydrogen-bond donors (Lipinski definition) is 0. The van der Waals surface area contributed by atoms with Crippen molar-refractivity contribution in [3.8, 4) is 0 Å². The molecule has 0 bridgehead atoms. The zero-order chi connectivity index (χ0) is 13.9. The van der Waals surface area contributed by atoms with Gasteiger partial charge in [0.2, 0.25) is 0 Å². The molecule has 0 amide bonds. The Hall–Kier alpha value is -2.74. The van der Waals surface area contributed by atoms with Crippen LogP contribution in [0.2, 0.25) is 0 Å². The van der Waals surface area contributed by atoms with Crippen molar-refractivity contribution in [2.24, 2.45) is 10.2 Å². The van der Waals surface area contributed by atoms with Gasteiger partial charge in [-0.15, -0.1) is 0 Å². The summed E-state index contributed by atoms with van der Waals surface area (Å²) in [5, 5.41) is 8.20. The molecule has 0 N–H and O–H groups in total. The van der Waals surface area contributed by atoms with Crippen LogP contribution in [0.3, 0.4) is 0 Å². The minimum absolute atomic E-state index is 0.872. The average molecular weight is 260 g/mol. The third-order valence-electron chi connectivity index (χ3n) is 2.46. The Labute approximate surface area is 119 Å². The van der Waals surface area contributed by atoms with Gasteiger partial charge in [0.05, 0.1) is 11.4 Å². The van der Waals surface area contributed by atoms with E-state index in [0.717, 1.165) is 11.4 Å². The second-order valence-corrected chi connectivity index (χ2v) is 4.03. The van der Waals surface area contributed by atoms with Gasteiger partial charge in [0.1, 0.15) is 0 Å². The molecule has 20 heavy (non-hydrogen) atoms. The van der Waals surface area contributed by atoms with Crippen molar-refractivity contribution in [1.29, 1.82) is 0 Å². The smallest absolute Gasteiger partial charge is 0.0857 e. The van der Waals surface area contributed by atoms with Gasteiger partial charge in [-0.3, -0.25) is 0 Å². The van der Waals surface area contributed by atoms with Crippen molar-refractivity contribution in [3.05, 3.63) is 97.1 Å². The average Bonchev–Trinajstić information content (AvgIpc) is 2.57. The first kappa shape index (κ1) is 13.7. The van der Waals surface area contributed by atoms with Crippen LogP contribution in [-0.2, 0) is 0 Å². The minimum Gasteiger partial charge on any atom is -0.151 e. The van der Waals surface area contributed by atoms with Gasteiger partial charge in [-0.1, -0.05) is 72.8 Å². The first-order valence-corrected chi connectivity index (χ1v) is 6.47. The third kappa shape index (κ3) is 5.27. The van der Waals surface area contributed by atoms with E-state index < -0.39 is 0 Å². The van der Waals surface area contributed by atoms with Gasteiger partial charge >= 0.3 is 0 Å². The molecule has 0 aliphatic rings. The summed E-state index contributed by atoms with van der Waals surface area (Å²) in [7, 11) is 0. The maximum absolute atomic E-state index is 4.10. The van der Waals surface area contributed by atoms with E-state index in [0.29, 0.717) is 0 Å². The molecule has 0 aromatic heterocycles. The topological polar surface area (TPSA) is 24.7 Å². The number of rotatable bonds is 2. The maximum Gasteiger partial charge on any atom is 0.0857 e. The predicted molar refractivity (Wildman–Crippen MR) is 83.5 cm³/mol. The van der Waals surface area contributed by atoms with Crippen LogP contribution in [-0.4, -0.2) is 0 Å². The molecule has 3 aromatic rings. The largest absolute Gasteiger partial charge is 0.151 e. The zero-order valence-corrected chi connectivity index (χ0v) is 11.1. The van der Waals surface area contributed by atoms with E-state index in [-0.39, 0.29) is 0 Å². The van der Waals surface area contributed by atoms with Crippen molar-refractivity contribution in [2.45, 2.75) is 0 Å². The van der Waals surface area contributed by atoms with Crippen LogP contribution in [0.1, 0.15) is 0 Å². The molecule has 2 heteroatoms. The summed E-state index contributed by atoms with van der Waals surface area (Å²) in [5.41, 5.74) is 1.74. The molecule has 2 nitrogen and oxygen atoms in total. The fraction of sp³-hybridized carbons (Fsp3) is 0. The molecule has 0 unspecified atom stereocenters. The molecule has 98 valence electrons. The summed E-state index contributed by atoms with van der Waals surface area (Å²) in [5.74, 6) is 0. The number of hydrogen-bond acceptors (Lipinski definition) is 2. The molecule has 0 spiro atoms. The lowest BCUT2D eigenvalue weighted by atomic mass is 10.3. The van der Waals surface area contributed by atoms with E-state index in [2.05, 4.69) is 10.2 Å². The normalized spacial score (nSPS) is 9.80. The molecule has 0 radical (unpaired) electrons. The van der Waals surface area contributed by atoms with Gasteiger partial charge in [-0.05, 0) is 24.3 Å². The summed E-state index contributed by atoms with van der Waals surface area (Å²) in [4.78, 5) is 0. The molecule has 0 aliphatic carbocycles. The molecular weight excluding hydrogens is 244 g/mol. The quantitative estimate of drug-likeness (QED) is 0.521. The van der Waals surface area contributed by atoms with Gasteiger partial charge in [0.15, 0.2) is 0 Å². The summed E-state index contributed by atoms with van der Waals surface area (Å²) < 4.78 is 0. The second-order valence-electron chi connectivity index (χ2n) is 4.03. The van der Waals surface area contributed by atoms with Crippen LogP contribution < -0.4 is 0 Å². The summed E-state index contributed by atoms with van der Waals surface area (Å²) in [6, 6.07) is 31.4. The number of nitrogens with zero attached hydrogens (tertiary/aromatic N) is 2. The molecule has 0 fully saturated rings. The van der Waals surface area contributed by atoms with E-state index in [4.69, 9.17) is 0 Å². The minimum atomic E-state index is 0.872. The van der Waals surface area contributed by atoms with Gasteiger partial charge in [0, 0.05) is 0 Å². The van der Waals surface area contributed by atoms with Crippen molar-refractivity contribution < 1.29 is 0 Å². The highest BCUT2D eigenvalue weighted by atomic mass is 15.1. The molecule has 0 heterocycles. The lowest BCUT2D eigenvalue weighted by Crippen LogP contribution is -1.62. The summed E-state index contributed by atoms with van der Waals surface area (Å²) in [6.07, 6.45) is 0. The monoisotopic (exact) mass is 260 g/mol. The van der Waals surface area contributed by atoms with Crippen LogP contribution in [0.4, 0.5) is 11.4 Å². The molecule has 0 aliphatic heterocycles. The highest BCUT2D eigenvalue weighted by Crippen LogP contribution is 2.16. The van der Waals surface area contributed by atoms with Crippen molar-refractivity contribution in [3.63, 3.8) is 0 Å². The predicted octanol–water partition coefficient (Wildman–Crippen LogP) is 5.79. The summed E-state index contributed by atoms with van der Waals surface area (Å²) >= 11 is 0. The molecule has 0 atom stereocenters. The molecule has 3 aromatic carbocycles. The Bertz CT molecular complexity index is 537. The lowest BCUT2D eigenvalue weighted by Gasteiger charge is -1.91. The van der Waals surface area contributed by atoms with Gasteiger partial charge in [-0.25, -0.2) is 0 Å². The van der Waals surface area contributed by atoms with E-state index in [1.807, 2.05) is 97.1 Å². The first-order chi connectivity index (χ1) is 9.95. The van der Waals surface area contributed by atoms with E-state index in [1.54, 1.807) is 0 Å². The van der Waals surface area contributed by atoms with Crippen molar-refractivity contribution >= 4 is 11.4 Å². The Morgan fingerprint density at radius 3 is 0.900 bits per heavy atom. The fourth-order valence-corrected chi connectivity index (χ4v) is 1.49. The molecule has 3 rings (SSSR count). The van der Waals surface area contributed by atoms with E-state index in [1.165, 1.54) is 0 Å². The van der Waals surface area contributed by atoms with Gasteiger partial charge < -0.3 is 0 Å². The Morgan fingerprint density at radius 1 is 0.350 bits per heavy atom. The molecular formula is C18H16N2. The standard InChI is InChI=1S/C12H10N2.C6H6/c1-3-7-11(8-4-1)13-14-12-9-5-2-6-10-12;1-2-4-6-5-3-1/h1-10H;1-6H. The highest BCUT2D eigenvalue weighted by molar-refractivity contribution is 5.39. The molecule has 0 saturated heterocycles. The van der Waals surface area contributed by atoms with Crippen LogP contribution in [0.5, 0.6) is 0 Å². The SMILES string of the molecule is c1ccc(N=Nc2ccccc2)cc1.c1ccccc1.